The zero-order valence-electron chi connectivity index (χ0n) is 20.7. The molecule has 10 nitrogen and oxygen atoms in total. The Morgan fingerprint density at radius 1 is 1.15 bits per heavy atom. The molecule has 0 radical (unpaired) electrons. The molecule has 0 N–H and O–H groups in total. The Balaban J connectivity index is 1.70. The molecule has 11 heteroatoms. The maximum atomic E-state index is 12.9. The van der Waals surface area contributed by atoms with Gasteiger partial charge >= 0.3 is 5.97 Å². The fourth-order valence-electron chi connectivity index (χ4n) is 3.62. The first-order valence-electron chi connectivity index (χ1n) is 11.5. The highest BCUT2D eigenvalue weighted by molar-refractivity contribution is 7.89. The Kier molecular flexibility index (Phi) is 7.77. The van der Waals surface area contributed by atoms with Gasteiger partial charge in [-0.15, -0.1) is 0 Å². The van der Waals surface area contributed by atoms with Gasteiger partial charge in [0, 0.05) is 31.5 Å². The highest BCUT2D eigenvalue weighted by atomic mass is 32.2. The molecule has 3 aromatic rings. The third kappa shape index (κ3) is 5.47. The summed E-state index contributed by atoms with van der Waals surface area (Å²) in [7, 11) is -3.58. The van der Waals surface area contributed by atoms with E-state index in [0.29, 0.717) is 43.2 Å². The molecule has 2 aromatic heterocycles. The van der Waals surface area contributed by atoms with Gasteiger partial charge in [0.25, 0.3) is 5.89 Å². The number of nitrogens with zero attached hydrogens (tertiary/aromatic N) is 5. The summed E-state index contributed by atoms with van der Waals surface area (Å²) in [5.74, 6) is 1.09. The fourth-order valence-corrected chi connectivity index (χ4v) is 5.10. The van der Waals surface area contributed by atoms with Crippen LogP contribution in [0.25, 0.3) is 11.0 Å². The molecule has 3 rings (SSSR count). The van der Waals surface area contributed by atoms with Crippen LogP contribution in [0.1, 0.15) is 65.5 Å². The van der Waals surface area contributed by atoms with E-state index in [0.717, 1.165) is 5.52 Å². The Morgan fingerprint density at radius 2 is 1.85 bits per heavy atom. The molecule has 0 amide bonds. The SMILES string of the molecule is CCN(CC)S(=O)(=O)c1ccc2c(c1)nc(CCC(=O)OCc1nc(C(C)(C)C)no1)n2CC. The van der Waals surface area contributed by atoms with Gasteiger partial charge in [-0.25, -0.2) is 13.4 Å². The minimum absolute atomic E-state index is 0.0846. The number of carbonyl (C=O) groups excluding carboxylic acids is 1. The lowest BCUT2D eigenvalue weighted by atomic mass is 9.96. The number of aromatic nitrogens is 4. The number of fused-ring (bicyclic) bond motifs is 1. The number of sulfonamides is 1. The molecular formula is C23H33N5O5S. The van der Waals surface area contributed by atoms with Crippen LogP contribution in [-0.2, 0) is 44.5 Å². The smallest absolute Gasteiger partial charge is 0.306 e. The van der Waals surface area contributed by atoms with Crippen LogP contribution in [0.5, 0.6) is 0 Å². The van der Waals surface area contributed by atoms with Crippen LogP contribution in [0.2, 0.25) is 0 Å². The number of hydrogen-bond donors (Lipinski definition) is 0. The third-order valence-electron chi connectivity index (χ3n) is 5.51. The van der Waals surface area contributed by atoms with Gasteiger partial charge in [-0.05, 0) is 25.1 Å². The van der Waals surface area contributed by atoms with Crippen molar-refractivity contribution < 1.29 is 22.5 Å². The number of esters is 1. The van der Waals surface area contributed by atoms with Crippen molar-refractivity contribution in [1.82, 2.24) is 24.0 Å². The van der Waals surface area contributed by atoms with Crippen LogP contribution in [0, 0.1) is 0 Å². The van der Waals surface area contributed by atoms with Gasteiger partial charge in [-0.2, -0.15) is 9.29 Å². The summed E-state index contributed by atoms with van der Waals surface area (Å²) in [5.41, 5.74) is 1.15. The number of hydrogen-bond acceptors (Lipinski definition) is 8. The van der Waals surface area contributed by atoms with Gasteiger partial charge in [0.1, 0.15) is 5.82 Å². The van der Waals surface area contributed by atoms with Crippen molar-refractivity contribution >= 4 is 27.0 Å². The van der Waals surface area contributed by atoms with Crippen molar-refractivity contribution in [2.45, 2.75) is 77.8 Å². The Morgan fingerprint density at radius 3 is 2.44 bits per heavy atom. The normalized spacial score (nSPS) is 12.6. The van der Waals surface area contributed by atoms with Crippen LogP contribution >= 0.6 is 0 Å². The fraction of sp³-hybridized carbons (Fsp3) is 0.565. The number of carbonyl (C=O) groups is 1. The minimum Gasteiger partial charge on any atom is -0.456 e. The van der Waals surface area contributed by atoms with Crippen molar-refractivity contribution in [2.24, 2.45) is 0 Å². The standard InChI is InChI=1S/C23H33N5O5S/c1-7-27(8-2)34(30,31)16-10-11-18-17(14-16)24-19(28(18)9-3)12-13-21(29)32-15-20-25-22(26-33-20)23(4,5)6/h10-11,14H,7-9,12-13,15H2,1-6H3. The van der Waals surface area contributed by atoms with Gasteiger partial charge in [0.05, 0.1) is 22.3 Å². The molecule has 0 saturated carbocycles. The zero-order valence-corrected chi connectivity index (χ0v) is 21.5. The van der Waals surface area contributed by atoms with Crippen LogP contribution in [0.4, 0.5) is 0 Å². The van der Waals surface area contributed by atoms with E-state index in [1.165, 1.54) is 4.31 Å². The lowest BCUT2D eigenvalue weighted by Gasteiger charge is -2.18. The van der Waals surface area contributed by atoms with Crippen LogP contribution < -0.4 is 0 Å². The largest absolute Gasteiger partial charge is 0.456 e. The predicted molar refractivity (Wildman–Crippen MR) is 127 cm³/mol. The van der Waals surface area contributed by atoms with Crippen molar-refractivity contribution in [3.05, 3.63) is 35.7 Å². The van der Waals surface area contributed by atoms with Crippen LogP contribution in [-0.4, -0.2) is 51.5 Å². The lowest BCUT2D eigenvalue weighted by Crippen LogP contribution is -2.30. The summed E-state index contributed by atoms with van der Waals surface area (Å²) < 4.78 is 39.6. The Hall–Kier alpha value is -2.79. The molecule has 0 atom stereocenters. The summed E-state index contributed by atoms with van der Waals surface area (Å²) >= 11 is 0. The predicted octanol–water partition coefficient (Wildman–Crippen LogP) is 3.44. The number of benzene rings is 1. The third-order valence-corrected chi connectivity index (χ3v) is 7.55. The van der Waals surface area contributed by atoms with Crippen LogP contribution in [0.3, 0.4) is 0 Å². The highest BCUT2D eigenvalue weighted by Crippen LogP contribution is 2.24. The zero-order chi connectivity index (χ0) is 25.1. The van der Waals surface area contributed by atoms with Gasteiger partial charge in [0.2, 0.25) is 10.0 Å². The summed E-state index contributed by atoms with van der Waals surface area (Å²) in [4.78, 5) is 21.4. The van der Waals surface area contributed by atoms with Crippen molar-refractivity contribution in [1.29, 1.82) is 0 Å². The molecule has 0 bridgehead atoms. The number of ether oxygens (including phenoxy) is 1. The van der Waals surface area contributed by atoms with Gasteiger partial charge in [-0.1, -0.05) is 39.8 Å². The molecule has 0 spiro atoms. The molecule has 0 fully saturated rings. The number of rotatable bonds is 10. The first kappa shape index (κ1) is 25.8. The molecular weight excluding hydrogens is 458 g/mol. The molecule has 0 aliphatic rings. The second kappa shape index (κ2) is 10.2. The van der Waals surface area contributed by atoms with E-state index >= 15 is 0 Å². The van der Waals surface area contributed by atoms with E-state index in [-0.39, 0.29) is 29.2 Å². The number of aryl methyl sites for hydroxylation is 2. The van der Waals surface area contributed by atoms with E-state index in [4.69, 9.17) is 9.26 Å². The second-order valence-corrected chi connectivity index (χ2v) is 10.9. The number of imidazole rings is 1. The van der Waals surface area contributed by atoms with E-state index in [1.54, 1.807) is 18.2 Å². The molecule has 0 aliphatic carbocycles. The van der Waals surface area contributed by atoms with E-state index in [1.807, 2.05) is 46.1 Å². The van der Waals surface area contributed by atoms with Gasteiger partial charge < -0.3 is 13.8 Å². The van der Waals surface area contributed by atoms with Crippen molar-refractivity contribution in [3.63, 3.8) is 0 Å². The second-order valence-electron chi connectivity index (χ2n) is 8.93. The molecule has 186 valence electrons. The average molecular weight is 492 g/mol. The molecule has 0 saturated heterocycles. The summed E-state index contributed by atoms with van der Waals surface area (Å²) in [6.45, 7) is 12.9. The van der Waals surface area contributed by atoms with Crippen molar-refractivity contribution in [2.75, 3.05) is 13.1 Å². The molecule has 0 aliphatic heterocycles. The van der Waals surface area contributed by atoms with E-state index in [2.05, 4.69) is 15.1 Å². The highest BCUT2D eigenvalue weighted by Gasteiger charge is 2.24. The Bertz CT molecular complexity index is 1250. The maximum absolute atomic E-state index is 12.9. The first-order chi connectivity index (χ1) is 16.0. The molecule has 0 unspecified atom stereocenters. The van der Waals surface area contributed by atoms with E-state index < -0.39 is 16.0 Å². The summed E-state index contributed by atoms with van der Waals surface area (Å²) in [6, 6.07) is 4.98. The van der Waals surface area contributed by atoms with Gasteiger partial charge in [-0.3, -0.25) is 4.79 Å². The quantitative estimate of drug-likeness (QED) is 0.396. The average Bonchev–Trinajstić information content (AvgIpc) is 3.40. The lowest BCUT2D eigenvalue weighted by molar-refractivity contribution is -0.145. The summed E-state index contributed by atoms with van der Waals surface area (Å²) in [6.07, 6.45) is 0.477. The van der Waals surface area contributed by atoms with Crippen LogP contribution in [0.15, 0.2) is 27.6 Å². The topological polar surface area (TPSA) is 120 Å². The maximum Gasteiger partial charge on any atom is 0.306 e. The van der Waals surface area contributed by atoms with E-state index in [9.17, 15) is 13.2 Å². The first-order valence-corrected chi connectivity index (χ1v) is 12.9. The van der Waals surface area contributed by atoms with Crippen molar-refractivity contribution in [3.8, 4) is 0 Å². The summed E-state index contributed by atoms with van der Waals surface area (Å²) in [5, 5.41) is 3.92. The molecule has 34 heavy (non-hydrogen) atoms. The Labute approximate surface area is 200 Å². The monoisotopic (exact) mass is 491 g/mol. The molecule has 1 aromatic carbocycles. The minimum atomic E-state index is -3.58. The van der Waals surface area contributed by atoms with Gasteiger partial charge in [0.15, 0.2) is 12.4 Å². The molecule has 2 heterocycles.